The summed E-state index contributed by atoms with van der Waals surface area (Å²) in [6, 6.07) is 7.84. The highest BCUT2D eigenvalue weighted by atomic mass is 35.5. The largest absolute Gasteiger partial charge is 0.383 e. The normalized spacial score (nSPS) is 12.2. The van der Waals surface area contributed by atoms with Crippen molar-refractivity contribution in [2.24, 2.45) is 0 Å². The summed E-state index contributed by atoms with van der Waals surface area (Å²) in [7, 11) is 1.61. The predicted octanol–water partition coefficient (Wildman–Crippen LogP) is 2.14. The molecule has 1 atom stereocenters. The molecule has 1 amide bonds. The van der Waals surface area contributed by atoms with E-state index in [4.69, 9.17) is 16.3 Å². The number of amides is 1. The molecule has 0 saturated heterocycles. The fourth-order valence-electron chi connectivity index (χ4n) is 1.72. The molecule has 0 saturated carbocycles. The van der Waals surface area contributed by atoms with Gasteiger partial charge >= 0.3 is 0 Å². The summed E-state index contributed by atoms with van der Waals surface area (Å²) in [4.78, 5) is 11.5. The van der Waals surface area contributed by atoms with Crippen LogP contribution in [0.15, 0.2) is 24.3 Å². The van der Waals surface area contributed by atoms with Gasteiger partial charge in [0.25, 0.3) is 0 Å². The van der Waals surface area contributed by atoms with Gasteiger partial charge in [-0.3, -0.25) is 4.79 Å². The van der Waals surface area contributed by atoms with Gasteiger partial charge in [-0.1, -0.05) is 29.8 Å². The summed E-state index contributed by atoms with van der Waals surface area (Å²) in [6.07, 6.45) is 0.443. The van der Waals surface area contributed by atoms with Crippen molar-refractivity contribution < 1.29 is 9.53 Å². The van der Waals surface area contributed by atoms with Crippen molar-refractivity contribution in [3.8, 4) is 0 Å². The molecule has 2 N–H and O–H groups in total. The van der Waals surface area contributed by atoms with Gasteiger partial charge in [0, 0.05) is 37.7 Å². The number of methoxy groups -OCH3 is 1. The van der Waals surface area contributed by atoms with Crippen LogP contribution >= 0.6 is 11.6 Å². The first-order valence-corrected chi connectivity index (χ1v) is 6.76. The maximum Gasteiger partial charge on any atom is 0.221 e. The summed E-state index contributed by atoms with van der Waals surface area (Å²) in [5.74, 6) is 0.0240. The number of rotatable bonds is 8. The van der Waals surface area contributed by atoms with Gasteiger partial charge < -0.3 is 15.4 Å². The number of ether oxygens (including phenoxy) is 1. The van der Waals surface area contributed by atoms with E-state index in [1.165, 1.54) is 0 Å². The van der Waals surface area contributed by atoms with Crippen LogP contribution in [-0.4, -0.2) is 32.7 Å². The van der Waals surface area contributed by atoms with Gasteiger partial charge in [0.05, 0.1) is 6.61 Å². The van der Waals surface area contributed by atoms with Gasteiger partial charge in [0.1, 0.15) is 0 Å². The fourth-order valence-corrected chi connectivity index (χ4v) is 2.02. The number of carbonyl (C=O) groups is 1. The minimum Gasteiger partial charge on any atom is -0.383 e. The van der Waals surface area contributed by atoms with Crippen molar-refractivity contribution in [1.29, 1.82) is 0 Å². The Morgan fingerprint density at radius 2 is 2.11 bits per heavy atom. The van der Waals surface area contributed by atoms with Gasteiger partial charge in [0.2, 0.25) is 5.91 Å². The molecule has 1 aromatic carbocycles. The summed E-state index contributed by atoms with van der Waals surface area (Å²) in [5, 5.41) is 6.81. The second kappa shape index (κ2) is 8.91. The van der Waals surface area contributed by atoms with Crippen molar-refractivity contribution in [3.05, 3.63) is 34.9 Å². The number of benzene rings is 1. The van der Waals surface area contributed by atoms with E-state index in [-0.39, 0.29) is 11.9 Å². The van der Waals surface area contributed by atoms with Crippen LogP contribution in [0.3, 0.4) is 0 Å². The van der Waals surface area contributed by atoms with Crippen molar-refractivity contribution in [2.75, 3.05) is 26.8 Å². The molecular weight excluding hydrogens is 264 g/mol. The molecule has 0 aliphatic carbocycles. The van der Waals surface area contributed by atoms with Crippen molar-refractivity contribution in [1.82, 2.24) is 10.6 Å². The predicted molar refractivity (Wildman–Crippen MR) is 77.4 cm³/mol. The van der Waals surface area contributed by atoms with Gasteiger partial charge in [-0.15, -0.1) is 0 Å². The lowest BCUT2D eigenvalue weighted by atomic mass is 10.1. The monoisotopic (exact) mass is 284 g/mol. The highest BCUT2D eigenvalue weighted by Crippen LogP contribution is 2.21. The quantitative estimate of drug-likeness (QED) is 0.719. The molecule has 0 spiro atoms. The lowest BCUT2D eigenvalue weighted by Crippen LogP contribution is -2.30. The number of carbonyl (C=O) groups excluding carboxylic acids is 1. The number of hydrogen-bond donors (Lipinski definition) is 2. The van der Waals surface area contributed by atoms with Crippen molar-refractivity contribution in [3.63, 3.8) is 0 Å². The topological polar surface area (TPSA) is 50.4 Å². The summed E-state index contributed by atoms with van der Waals surface area (Å²) in [6.45, 7) is 3.74. The molecule has 5 heteroatoms. The Kier molecular flexibility index (Phi) is 7.48. The zero-order valence-corrected chi connectivity index (χ0v) is 12.2. The Hall–Kier alpha value is -1.10. The molecule has 106 valence electrons. The molecular formula is C14H21ClN2O2. The third-order valence-corrected chi connectivity index (χ3v) is 3.15. The SMILES string of the molecule is COCCNC(=O)CCNC(C)c1ccccc1Cl. The van der Waals surface area contributed by atoms with Gasteiger partial charge in [-0.05, 0) is 18.6 Å². The van der Waals surface area contributed by atoms with Crippen LogP contribution in [0, 0.1) is 0 Å². The Labute approximate surface area is 119 Å². The summed E-state index contributed by atoms with van der Waals surface area (Å²) < 4.78 is 4.86. The first-order valence-electron chi connectivity index (χ1n) is 6.38. The number of halogens is 1. The molecule has 1 unspecified atom stereocenters. The molecule has 0 aromatic heterocycles. The number of nitrogens with one attached hydrogen (secondary N) is 2. The molecule has 1 aromatic rings. The lowest BCUT2D eigenvalue weighted by molar-refractivity contribution is -0.121. The van der Waals surface area contributed by atoms with E-state index in [0.717, 1.165) is 10.6 Å². The first-order chi connectivity index (χ1) is 9.15. The molecule has 4 nitrogen and oxygen atoms in total. The van der Waals surface area contributed by atoms with Crippen molar-refractivity contribution >= 4 is 17.5 Å². The average Bonchev–Trinajstić information content (AvgIpc) is 2.39. The highest BCUT2D eigenvalue weighted by molar-refractivity contribution is 6.31. The Morgan fingerprint density at radius 3 is 2.79 bits per heavy atom. The van der Waals surface area contributed by atoms with Gasteiger partial charge in [-0.25, -0.2) is 0 Å². The molecule has 0 fully saturated rings. The third kappa shape index (κ3) is 6.05. The molecule has 0 bridgehead atoms. The van der Waals surface area contributed by atoms with E-state index in [2.05, 4.69) is 10.6 Å². The van der Waals surface area contributed by atoms with E-state index in [1.54, 1.807) is 7.11 Å². The summed E-state index contributed by atoms with van der Waals surface area (Å²) >= 11 is 6.11. The minimum atomic E-state index is 0.0240. The van der Waals surface area contributed by atoms with Crippen LogP contribution < -0.4 is 10.6 Å². The molecule has 0 aliphatic rings. The molecule has 0 aliphatic heterocycles. The van der Waals surface area contributed by atoms with Gasteiger partial charge in [0.15, 0.2) is 0 Å². The minimum absolute atomic E-state index is 0.0240. The maximum atomic E-state index is 11.5. The smallest absolute Gasteiger partial charge is 0.221 e. The Bertz CT molecular complexity index is 399. The second-order valence-corrected chi connectivity index (χ2v) is 4.70. The van der Waals surface area contributed by atoms with E-state index in [0.29, 0.717) is 26.1 Å². The molecule has 0 radical (unpaired) electrons. The van der Waals surface area contributed by atoms with Gasteiger partial charge in [-0.2, -0.15) is 0 Å². The first kappa shape index (κ1) is 16.0. The molecule has 1 rings (SSSR count). The Morgan fingerprint density at radius 1 is 1.37 bits per heavy atom. The van der Waals surface area contributed by atoms with Crippen molar-refractivity contribution in [2.45, 2.75) is 19.4 Å². The van der Waals surface area contributed by atoms with E-state index < -0.39 is 0 Å². The van der Waals surface area contributed by atoms with E-state index >= 15 is 0 Å². The average molecular weight is 285 g/mol. The highest BCUT2D eigenvalue weighted by Gasteiger charge is 2.08. The van der Waals surface area contributed by atoms with Crippen LogP contribution in [0.2, 0.25) is 5.02 Å². The van der Waals surface area contributed by atoms with Crippen LogP contribution in [0.25, 0.3) is 0 Å². The van der Waals surface area contributed by atoms with Crippen LogP contribution in [0.1, 0.15) is 24.9 Å². The number of hydrogen-bond acceptors (Lipinski definition) is 3. The fraction of sp³-hybridized carbons (Fsp3) is 0.500. The third-order valence-electron chi connectivity index (χ3n) is 2.80. The maximum absolute atomic E-state index is 11.5. The van der Waals surface area contributed by atoms with Crippen LogP contribution in [0.5, 0.6) is 0 Å². The van der Waals surface area contributed by atoms with Crippen LogP contribution in [-0.2, 0) is 9.53 Å². The lowest BCUT2D eigenvalue weighted by Gasteiger charge is -2.15. The molecule has 19 heavy (non-hydrogen) atoms. The Balaban J connectivity index is 2.26. The zero-order chi connectivity index (χ0) is 14.1. The van der Waals surface area contributed by atoms with E-state index in [9.17, 15) is 4.79 Å². The second-order valence-electron chi connectivity index (χ2n) is 4.29. The van der Waals surface area contributed by atoms with Crippen LogP contribution in [0.4, 0.5) is 0 Å². The zero-order valence-electron chi connectivity index (χ0n) is 11.4. The van der Waals surface area contributed by atoms with E-state index in [1.807, 2.05) is 31.2 Å². The molecule has 0 heterocycles. The standard InChI is InChI=1S/C14H21ClN2O2/c1-11(12-5-3-4-6-13(12)15)16-8-7-14(18)17-9-10-19-2/h3-6,11,16H,7-10H2,1-2H3,(H,17,18). The summed E-state index contributed by atoms with van der Waals surface area (Å²) in [5.41, 5.74) is 1.05.